The lowest BCUT2D eigenvalue weighted by Crippen LogP contribution is -2.27. The van der Waals surface area contributed by atoms with E-state index < -0.39 is 11.6 Å². The van der Waals surface area contributed by atoms with Crippen molar-refractivity contribution >= 4 is 17.4 Å². The van der Waals surface area contributed by atoms with Crippen LogP contribution < -0.4 is 5.32 Å². The fourth-order valence-corrected chi connectivity index (χ4v) is 2.36. The SMILES string of the molecule is CN(Cc1ccccc1)C(=O)c1ccc(Nc2ccc(F)c(F)c2)nn1. The number of amides is 1. The normalized spacial score (nSPS) is 10.4. The van der Waals surface area contributed by atoms with E-state index >= 15 is 0 Å². The number of hydrogen-bond donors (Lipinski definition) is 1. The van der Waals surface area contributed by atoms with Gasteiger partial charge in [-0.15, -0.1) is 10.2 Å². The van der Waals surface area contributed by atoms with Crippen molar-refractivity contribution in [1.29, 1.82) is 0 Å². The van der Waals surface area contributed by atoms with Crippen molar-refractivity contribution in [2.75, 3.05) is 12.4 Å². The zero-order valence-corrected chi connectivity index (χ0v) is 14.0. The third kappa shape index (κ3) is 4.18. The molecule has 0 aliphatic carbocycles. The van der Waals surface area contributed by atoms with E-state index in [0.717, 1.165) is 17.7 Å². The Morgan fingerprint density at radius 2 is 1.77 bits per heavy atom. The third-order valence-electron chi connectivity index (χ3n) is 3.68. The van der Waals surface area contributed by atoms with Crippen molar-refractivity contribution in [3.63, 3.8) is 0 Å². The van der Waals surface area contributed by atoms with Crippen molar-refractivity contribution in [3.05, 3.63) is 83.6 Å². The van der Waals surface area contributed by atoms with E-state index in [1.54, 1.807) is 18.0 Å². The molecular weight excluding hydrogens is 338 g/mol. The molecule has 0 spiro atoms. The zero-order chi connectivity index (χ0) is 18.5. The quantitative estimate of drug-likeness (QED) is 0.758. The molecule has 2 aromatic carbocycles. The minimum atomic E-state index is -0.961. The average molecular weight is 354 g/mol. The van der Waals surface area contributed by atoms with Crippen molar-refractivity contribution in [1.82, 2.24) is 15.1 Å². The summed E-state index contributed by atoms with van der Waals surface area (Å²) in [5.74, 6) is -1.83. The molecule has 7 heteroatoms. The van der Waals surface area contributed by atoms with Gasteiger partial charge < -0.3 is 10.2 Å². The molecule has 1 aromatic heterocycles. The molecule has 0 unspecified atom stereocenters. The summed E-state index contributed by atoms with van der Waals surface area (Å²) in [7, 11) is 1.68. The van der Waals surface area contributed by atoms with Crippen LogP contribution in [0.25, 0.3) is 0 Å². The molecule has 3 aromatic rings. The topological polar surface area (TPSA) is 58.1 Å². The summed E-state index contributed by atoms with van der Waals surface area (Å²) < 4.78 is 26.2. The molecule has 5 nitrogen and oxygen atoms in total. The van der Waals surface area contributed by atoms with E-state index in [2.05, 4.69) is 15.5 Å². The fraction of sp³-hybridized carbons (Fsp3) is 0.105. The summed E-state index contributed by atoms with van der Waals surface area (Å²) in [5.41, 5.74) is 1.53. The highest BCUT2D eigenvalue weighted by molar-refractivity contribution is 5.92. The molecule has 132 valence electrons. The zero-order valence-electron chi connectivity index (χ0n) is 14.0. The maximum atomic E-state index is 13.2. The number of hydrogen-bond acceptors (Lipinski definition) is 4. The highest BCUT2D eigenvalue weighted by Gasteiger charge is 2.14. The van der Waals surface area contributed by atoms with Gasteiger partial charge in [-0.1, -0.05) is 30.3 Å². The Hall–Kier alpha value is -3.35. The monoisotopic (exact) mass is 354 g/mol. The van der Waals surface area contributed by atoms with Crippen LogP contribution in [0.5, 0.6) is 0 Å². The van der Waals surface area contributed by atoms with Gasteiger partial charge in [0.05, 0.1) is 0 Å². The molecule has 1 heterocycles. The van der Waals surface area contributed by atoms with Crippen molar-refractivity contribution < 1.29 is 13.6 Å². The molecule has 0 bridgehead atoms. The fourth-order valence-electron chi connectivity index (χ4n) is 2.36. The Morgan fingerprint density at radius 3 is 2.42 bits per heavy atom. The highest BCUT2D eigenvalue weighted by atomic mass is 19.2. The van der Waals surface area contributed by atoms with Crippen LogP contribution in [0.2, 0.25) is 0 Å². The van der Waals surface area contributed by atoms with Gasteiger partial charge in [0, 0.05) is 25.3 Å². The van der Waals surface area contributed by atoms with Gasteiger partial charge in [0.2, 0.25) is 0 Å². The summed E-state index contributed by atoms with van der Waals surface area (Å²) in [6.45, 7) is 0.455. The molecule has 0 aliphatic heterocycles. The first-order valence-electron chi connectivity index (χ1n) is 7.88. The van der Waals surface area contributed by atoms with Crippen LogP contribution in [0, 0.1) is 11.6 Å². The number of nitrogens with one attached hydrogen (secondary N) is 1. The van der Waals surface area contributed by atoms with Gasteiger partial charge in [-0.2, -0.15) is 0 Å². The van der Waals surface area contributed by atoms with E-state index in [4.69, 9.17) is 0 Å². The van der Waals surface area contributed by atoms with Gasteiger partial charge in [0.1, 0.15) is 0 Å². The Labute approximate surface area is 149 Å². The van der Waals surface area contributed by atoms with E-state index in [1.807, 2.05) is 30.3 Å². The van der Waals surface area contributed by atoms with Gasteiger partial charge in [-0.25, -0.2) is 8.78 Å². The first kappa shape index (κ1) is 17.5. The number of aromatic nitrogens is 2. The van der Waals surface area contributed by atoms with E-state index in [1.165, 1.54) is 12.1 Å². The second-order valence-electron chi connectivity index (χ2n) is 5.70. The van der Waals surface area contributed by atoms with Crippen molar-refractivity contribution in [3.8, 4) is 0 Å². The summed E-state index contributed by atoms with van der Waals surface area (Å²) in [6, 6.07) is 16.1. The third-order valence-corrected chi connectivity index (χ3v) is 3.68. The largest absolute Gasteiger partial charge is 0.339 e. The molecule has 0 atom stereocenters. The predicted molar refractivity (Wildman–Crippen MR) is 93.9 cm³/mol. The van der Waals surface area contributed by atoms with Gasteiger partial charge in [0.15, 0.2) is 23.1 Å². The van der Waals surface area contributed by atoms with Crippen molar-refractivity contribution in [2.24, 2.45) is 0 Å². The first-order valence-corrected chi connectivity index (χ1v) is 7.88. The Morgan fingerprint density at radius 1 is 1.00 bits per heavy atom. The van der Waals surface area contributed by atoms with Crippen LogP contribution in [0.15, 0.2) is 60.7 Å². The summed E-state index contributed by atoms with van der Waals surface area (Å²) >= 11 is 0. The lowest BCUT2D eigenvalue weighted by molar-refractivity contribution is 0.0778. The standard InChI is InChI=1S/C19H16F2N4O/c1-25(12-13-5-3-2-4-6-13)19(26)17-9-10-18(24-23-17)22-14-7-8-15(20)16(21)11-14/h2-11H,12H2,1H3,(H,22,24). The molecule has 0 saturated carbocycles. The minimum Gasteiger partial charge on any atom is -0.339 e. The van der Waals surface area contributed by atoms with E-state index in [9.17, 15) is 13.6 Å². The number of nitrogens with zero attached hydrogens (tertiary/aromatic N) is 3. The predicted octanol–water partition coefficient (Wildman–Crippen LogP) is 3.77. The maximum absolute atomic E-state index is 13.2. The van der Waals surface area contributed by atoms with Gasteiger partial charge in [0.25, 0.3) is 5.91 Å². The van der Waals surface area contributed by atoms with E-state index in [0.29, 0.717) is 18.1 Å². The van der Waals surface area contributed by atoms with Gasteiger partial charge >= 0.3 is 0 Å². The molecular formula is C19H16F2N4O. The lowest BCUT2D eigenvalue weighted by Gasteiger charge is -2.16. The number of halogens is 2. The van der Waals surface area contributed by atoms with Gasteiger partial charge in [-0.05, 0) is 29.8 Å². The van der Waals surface area contributed by atoms with Crippen molar-refractivity contribution in [2.45, 2.75) is 6.54 Å². The van der Waals surface area contributed by atoms with E-state index in [-0.39, 0.29) is 11.6 Å². The smallest absolute Gasteiger partial charge is 0.274 e. The molecule has 0 saturated heterocycles. The number of anilines is 2. The number of rotatable bonds is 5. The first-order chi connectivity index (χ1) is 12.5. The molecule has 0 aliphatic rings. The van der Waals surface area contributed by atoms with Crippen LogP contribution in [0.3, 0.4) is 0 Å². The van der Waals surface area contributed by atoms with Gasteiger partial charge in [-0.3, -0.25) is 4.79 Å². The maximum Gasteiger partial charge on any atom is 0.274 e. The summed E-state index contributed by atoms with van der Waals surface area (Å²) in [5, 5.41) is 10.6. The Balaban J connectivity index is 1.66. The number of carbonyl (C=O) groups excluding carboxylic acids is 1. The molecule has 0 fully saturated rings. The second kappa shape index (κ2) is 7.69. The molecule has 1 N–H and O–H groups in total. The molecule has 26 heavy (non-hydrogen) atoms. The van der Waals surface area contributed by atoms with Crippen LogP contribution in [-0.4, -0.2) is 28.1 Å². The molecule has 1 amide bonds. The molecule has 0 radical (unpaired) electrons. The summed E-state index contributed by atoms with van der Waals surface area (Å²) in [6.07, 6.45) is 0. The minimum absolute atomic E-state index is 0.194. The average Bonchev–Trinajstić information content (AvgIpc) is 2.65. The Bertz CT molecular complexity index is 901. The van der Waals surface area contributed by atoms with Crippen LogP contribution in [-0.2, 0) is 6.54 Å². The van der Waals surface area contributed by atoms with Crippen LogP contribution in [0.4, 0.5) is 20.3 Å². The van der Waals surface area contributed by atoms with Crippen LogP contribution >= 0.6 is 0 Å². The number of benzene rings is 2. The van der Waals surface area contributed by atoms with Crippen LogP contribution in [0.1, 0.15) is 16.1 Å². The second-order valence-corrected chi connectivity index (χ2v) is 5.70. The highest BCUT2D eigenvalue weighted by Crippen LogP contribution is 2.17. The Kier molecular flexibility index (Phi) is 5.17. The summed E-state index contributed by atoms with van der Waals surface area (Å²) in [4.78, 5) is 14.0. The molecule has 3 rings (SSSR count). The number of carbonyl (C=O) groups is 1. The lowest BCUT2D eigenvalue weighted by atomic mass is 10.2.